The molecule has 0 bridgehead atoms. The molecule has 0 aromatic carbocycles. The van der Waals surface area contributed by atoms with Crippen molar-refractivity contribution < 1.29 is 0 Å². The summed E-state index contributed by atoms with van der Waals surface area (Å²) in [5, 5.41) is 4.40. The second-order valence-electron chi connectivity index (χ2n) is 5.57. The van der Waals surface area contributed by atoms with E-state index in [1.807, 2.05) is 11.7 Å². The Morgan fingerprint density at radius 3 is 2.88 bits per heavy atom. The zero-order chi connectivity index (χ0) is 12.4. The van der Waals surface area contributed by atoms with Gasteiger partial charge in [-0.3, -0.25) is 4.68 Å². The van der Waals surface area contributed by atoms with E-state index in [1.54, 1.807) is 0 Å². The SMILES string of the molecule is CCC1CCCC(C(N)c2cn(C)nc2C)C1. The smallest absolute Gasteiger partial charge is 0.0641 e. The van der Waals surface area contributed by atoms with Gasteiger partial charge in [-0.2, -0.15) is 5.10 Å². The highest BCUT2D eigenvalue weighted by Gasteiger charge is 2.28. The molecule has 1 fully saturated rings. The number of nitrogens with zero attached hydrogens (tertiary/aromatic N) is 2. The molecule has 0 spiro atoms. The van der Waals surface area contributed by atoms with Crippen LogP contribution in [0.25, 0.3) is 0 Å². The Morgan fingerprint density at radius 2 is 2.29 bits per heavy atom. The Balaban J connectivity index is 2.08. The highest BCUT2D eigenvalue weighted by Crippen LogP contribution is 2.37. The summed E-state index contributed by atoms with van der Waals surface area (Å²) in [5.41, 5.74) is 8.79. The van der Waals surface area contributed by atoms with Gasteiger partial charge in [-0.25, -0.2) is 0 Å². The van der Waals surface area contributed by atoms with Crippen LogP contribution >= 0.6 is 0 Å². The van der Waals surface area contributed by atoms with Crippen molar-refractivity contribution in [1.82, 2.24) is 9.78 Å². The number of hydrogen-bond donors (Lipinski definition) is 1. The van der Waals surface area contributed by atoms with Crippen molar-refractivity contribution in [3.8, 4) is 0 Å². The molecular formula is C14H25N3. The normalized spacial score (nSPS) is 27.1. The van der Waals surface area contributed by atoms with Crippen molar-refractivity contribution in [2.45, 2.75) is 52.0 Å². The van der Waals surface area contributed by atoms with Crippen LogP contribution in [0.4, 0.5) is 0 Å². The third-order valence-corrected chi connectivity index (χ3v) is 4.32. The van der Waals surface area contributed by atoms with E-state index in [1.165, 1.54) is 37.7 Å². The highest BCUT2D eigenvalue weighted by molar-refractivity contribution is 5.20. The fraction of sp³-hybridized carbons (Fsp3) is 0.786. The van der Waals surface area contributed by atoms with Gasteiger partial charge in [-0.15, -0.1) is 0 Å². The van der Waals surface area contributed by atoms with E-state index in [-0.39, 0.29) is 6.04 Å². The van der Waals surface area contributed by atoms with Gasteiger partial charge in [0.2, 0.25) is 0 Å². The Kier molecular flexibility index (Phi) is 3.87. The van der Waals surface area contributed by atoms with E-state index in [0.717, 1.165) is 11.6 Å². The molecular weight excluding hydrogens is 210 g/mol. The monoisotopic (exact) mass is 235 g/mol. The van der Waals surface area contributed by atoms with E-state index in [0.29, 0.717) is 5.92 Å². The van der Waals surface area contributed by atoms with Crippen LogP contribution in [-0.4, -0.2) is 9.78 Å². The largest absolute Gasteiger partial charge is 0.324 e. The first kappa shape index (κ1) is 12.6. The molecule has 1 aliphatic carbocycles. The van der Waals surface area contributed by atoms with Crippen molar-refractivity contribution in [1.29, 1.82) is 0 Å². The number of aryl methyl sites for hydroxylation is 2. The topological polar surface area (TPSA) is 43.8 Å². The minimum Gasteiger partial charge on any atom is -0.324 e. The zero-order valence-corrected chi connectivity index (χ0v) is 11.3. The van der Waals surface area contributed by atoms with E-state index >= 15 is 0 Å². The predicted octanol–water partition coefficient (Wildman–Crippen LogP) is 2.94. The molecule has 0 amide bonds. The van der Waals surface area contributed by atoms with Gasteiger partial charge in [-0.1, -0.05) is 26.2 Å². The lowest BCUT2D eigenvalue weighted by atomic mass is 9.75. The molecule has 1 aliphatic rings. The first-order valence-electron chi connectivity index (χ1n) is 6.87. The van der Waals surface area contributed by atoms with Crippen LogP contribution in [0.2, 0.25) is 0 Å². The fourth-order valence-corrected chi connectivity index (χ4v) is 3.23. The molecule has 1 heterocycles. The van der Waals surface area contributed by atoms with Crippen LogP contribution in [0.3, 0.4) is 0 Å². The van der Waals surface area contributed by atoms with Crippen LogP contribution in [0.1, 0.15) is 56.3 Å². The third kappa shape index (κ3) is 2.71. The predicted molar refractivity (Wildman–Crippen MR) is 70.6 cm³/mol. The van der Waals surface area contributed by atoms with Gasteiger partial charge in [-0.05, 0) is 31.6 Å². The van der Waals surface area contributed by atoms with Gasteiger partial charge in [0.1, 0.15) is 0 Å². The summed E-state index contributed by atoms with van der Waals surface area (Å²) in [6, 6.07) is 0.179. The Morgan fingerprint density at radius 1 is 1.53 bits per heavy atom. The molecule has 3 nitrogen and oxygen atoms in total. The van der Waals surface area contributed by atoms with E-state index in [4.69, 9.17) is 5.73 Å². The van der Waals surface area contributed by atoms with Gasteiger partial charge in [0.15, 0.2) is 0 Å². The van der Waals surface area contributed by atoms with Crippen molar-refractivity contribution >= 4 is 0 Å². The molecule has 0 radical (unpaired) electrons. The maximum absolute atomic E-state index is 6.45. The molecule has 3 unspecified atom stereocenters. The molecule has 3 atom stereocenters. The first-order valence-corrected chi connectivity index (χ1v) is 6.87. The average Bonchev–Trinajstić information content (AvgIpc) is 2.67. The molecule has 1 saturated carbocycles. The second kappa shape index (κ2) is 5.21. The summed E-state index contributed by atoms with van der Waals surface area (Å²) in [4.78, 5) is 0. The van der Waals surface area contributed by atoms with Gasteiger partial charge in [0.05, 0.1) is 5.69 Å². The molecule has 1 aromatic rings. The summed E-state index contributed by atoms with van der Waals surface area (Å²) >= 11 is 0. The molecule has 3 heteroatoms. The average molecular weight is 235 g/mol. The van der Waals surface area contributed by atoms with Gasteiger partial charge < -0.3 is 5.73 Å². The van der Waals surface area contributed by atoms with Crippen LogP contribution in [0, 0.1) is 18.8 Å². The quantitative estimate of drug-likeness (QED) is 0.875. The van der Waals surface area contributed by atoms with Crippen LogP contribution in [0.15, 0.2) is 6.20 Å². The molecule has 2 N–H and O–H groups in total. The number of aromatic nitrogens is 2. The zero-order valence-electron chi connectivity index (χ0n) is 11.3. The lowest BCUT2D eigenvalue weighted by molar-refractivity contribution is 0.230. The highest BCUT2D eigenvalue weighted by atomic mass is 15.2. The van der Waals surface area contributed by atoms with Gasteiger partial charge >= 0.3 is 0 Å². The Bertz CT molecular complexity index is 370. The minimum atomic E-state index is 0.179. The van der Waals surface area contributed by atoms with E-state index in [2.05, 4.69) is 25.1 Å². The fourth-order valence-electron chi connectivity index (χ4n) is 3.23. The Labute approximate surface area is 104 Å². The third-order valence-electron chi connectivity index (χ3n) is 4.32. The second-order valence-corrected chi connectivity index (χ2v) is 5.57. The molecule has 1 aromatic heterocycles. The lowest BCUT2D eigenvalue weighted by Gasteiger charge is -2.32. The van der Waals surface area contributed by atoms with E-state index in [9.17, 15) is 0 Å². The summed E-state index contributed by atoms with van der Waals surface area (Å²) in [6.07, 6.45) is 8.71. The standard InChI is InChI=1S/C14H25N3/c1-4-11-6-5-7-12(8-11)14(15)13-9-17(3)16-10(13)2/h9,11-12,14H,4-8,15H2,1-3H3. The van der Waals surface area contributed by atoms with Crippen LogP contribution in [-0.2, 0) is 7.05 Å². The summed E-state index contributed by atoms with van der Waals surface area (Å²) in [5.74, 6) is 1.54. The number of hydrogen-bond acceptors (Lipinski definition) is 2. The van der Waals surface area contributed by atoms with Crippen molar-refractivity contribution in [3.05, 3.63) is 17.5 Å². The molecule has 96 valence electrons. The minimum absolute atomic E-state index is 0.179. The molecule has 17 heavy (non-hydrogen) atoms. The van der Waals surface area contributed by atoms with Crippen LogP contribution < -0.4 is 5.73 Å². The maximum atomic E-state index is 6.45. The van der Waals surface area contributed by atoms with Crippen molar-refractivity contribution in [2.75, 3.05) is 0 Å². The van der Waals surface area contributed by atoms with Crippen molar-refractivity contribution in [3.63, 3.8) is 0 Å². The maximum Gasteiger partial charge on any atom is 0.0641 e. The Hall–Kier alpha value is -0.830. The molecule has 0 saturated heterocycles. The van der Waals surface area contributed by atoms with Crippen LogP contribution in [0.5, 0.6) is 0 Å². The van der Waals surface area contributed by atoms with E-state index < -0.39 is 0 Å². The lowest BCUT2D eigenvalue weighted by Crippen LogP contribution is -2.27. The summed E-state index contributed by atoms with van der Waals surface area (Å²) in [7, 11) is 1.97. The van der Waals surface area contributed by atoms with Gasteiger partial charge in [0, 0.05) is 24.8 Å². The number of rotatable bonds is 3. The summed E-state index contributed by atoms with van der Waals surface area (Å²) in [6.45, 7) is 4.36. The first-order chi connectivity index (χ1) is 8.11. The molecule has 2 rings (SSSR count). The summed E-state index contributed by atoms with van der Waals surface area (Å²) < 4.78 is 1.88. The number of nitrogens with two attached hydrogens (primary N) is 1. The molecule has 0 aliphatic heterocycles. The van der Waals surface area contributed by atoms with Gasteiger partial charge in [0.25, 0.3) is 0 Å². The van der Waals surface area contributed by atoms with Crippen molar-refractivity contribution in [2.24, 2.45) is 24.6 Å².